The van der Waals surface area contributed by atoms with Crippen molar-refractivity contribution in [3.63, 3.8) is 0 Å². The monoisotopic (exact) mass is 378 g/mol. The highest BCUT2D eigenvalue weighted by Gasteiger charge is 2.19. The van der Waals surface area contributed by atoms with Crippen molar-refractivity contribution in [1.82, 2.24) is 4.90 Å². The first-order valence-electron chi connectivity index (χ1n) is 8.82. The Hall–Kier alpha value is -2.54. The van der Waals surface area contributed by atoms with Crippen molar-refractivity contribution in [2.24, 2.45) is 0 Å². The van der Waals surface area contributed by atoms with Gasteiger partial charge in [-0.15, -0.1) is 0 Å². The fourth-order valence-corrected chi connectivity index (χ4v) is 3.23. The third-order valence-electron chi connectivity index (χ3n) is 4.64. The van der Waals surface area contributed by atoms with Gasteiger partial charge in [0.15, 0.2) is 11.5 Å². The van der Waals surface area contributed by atoms with Gasteiger partial charge in [-0.2, -0.15) is 8.78 Å². The van der Waals surface area contributed by atoms with Crippen LogP contribution in [0, 0.1) is 0 Å². The van der Waals surface area contributed by atoms with Gasteiger partial charge in [0.05, 0.1) is 14.2 Å². The van der Waals surface area contributed by atoms with Gasteiger partial charge in [0.2, 0.25) is 0 Å². The lowest BCUT2D eigenvalue weighted by atomic mass is 10.1. The van der Waals surface area contributed by atoms with Crippen molar-refractivity contribution >= 4 is 5.69 Å². The summed E-state index contributed by atoms with van der Waals surface area (Å²) in [6.07, 6.45) is 0. The summed E-state index contributed by atoms with van der Waals surface area (Å²) in [6, 6.07) is 13.2. The summed E-state index contributed by atoms with van der Waals surface area (Å²) in [6.45, 7) is 1.52. The lowest BCUT2D eigenvalue weighted by molar-refractivity contribution is -0.0512. The molecule has 0 aliphatic carbocycles. The normalized spacial score (nSPS) is 15.1. The largest absolute Gasteiger partial charge is 0.497 e. The Balaban J connectivity index is 1.58. The van der Waals surface area contributed by atoms with Crippen LogP contribution in [0.3, 0.4) is 0 Å². The molecule has 7 heteroatoms. The SMILES string of the molecule is COc1cccc(N2CCN(Cc3ccc(OC(F)F)c(OC)c3)CC2)c1. The second-order valence-corrected chi connectivity index (χ2v) is 6.33. The first kappa shape index (κ1) is 19.2. The number of alkyl halides is 2. The average Bonchev–Trinajstić information content (AvgIpc) is 2.69. The van der Waals surface area contributed by atoms with E-state index in [2.05, 4.69) is 20.6 Å². The molecule has 0 atom stereocenters. The van der Waals surface area contributed by atoms with Crippen LogP contribution in [-0.2, 0) is 6.54 Å². The van der Waals surface area contributed by atoms with E-state index in [0.717, 1.165) is 49.7 Å². The van der Waals surface area contributed by atoms with E-state index in [1.54, 1.807) is 19.2 Å². The highest BCUT2D eigenvalue weighted by molar-refractivity contribution is 5.51. The molecular formula is C20H24F2N2O3. The van der Waals surface area contributed by atoms with Crippen LogP contribution in [0.4, 0.5) is 14.5 Å². The summed E-state index contributed by atoms with van der Waals surface area (Å²) < 4.78 is 39.8. The van der Waals surface area contributed by atoms with Crippen molar-refractivity contribution in [2.45, 2.75) is 13.2 Å². The molecular weight excluding hydrogens is 354 g/mol. The lowest BCUT2D eigenvalue weighted by Gasteiger charge is -2.36. The van der Waals surface area contributed by atoms with Gasteiger partial charge in [-0.3, -0.25) is 4.90 Å². The molecule has 0 amide bonds. The highest BCUT2D eigenvalue weighted by atomic mass is 19.3. The Bertz CT molecular complexity index is 750. The Morgan fingerprint density at radius 3 is 2.37 bits per heavy atom. The molecule has 5 nitrogen and oxygen atoms in total. The molecule has 1 aliphatic rings. The van der Waals surface area contributed by atoms with E-state index in [0.29, 0.717) is 5.75 Å². The van der Waals surface area contributed by atoms with Crippen LogP contribution in [0.5, 0.6) is 17.2 Å². The standard InChI is InChI=1S/C20H24F2N2O3/c1-25-17-5-3-4-16(13-17)24-10-8-23(9-11-24)14-15-6-7-18(27-20(21)22)19(12-15)26-2/h3-7,12-13,20H,8-11,14H2,1-2H3. The number of rotatable bonds is 7. The molecule has 1 heterocycles. The summed E-state index contributed by atoms with van der Waals surface area (Å²) in [5, 5.41) is 0. The highest BCUT2D eigenvalue weighted by Crippen LogP contribution is 2.30. The summed E-state index contributed by atoms with van der Waals surface area (Å²) in [7, 11) is 3.12. The van der Waals surface area contributed by atoms with Gasteiger partial charge in [0, 0.05) is 44.5 Å². The van der Waals surface area contributed by atoms with E-state index >= 15 is 0 Å². The van der Waals surface area contributed by atoms with Crippen molar-refractivity contribution in [2.75, 3.05) is 45.3 Å². The number of piperazine rings is 1. The number of anilines is 1. The third-order valence-corrected chi connectivity index (χ3v) is 4.64. The number of nitrogens with zero attached hydrogens (tertiary/aromatic N) is 2. The van der Waals surface area contributed by atoms with E-state index in [1.165, 1.54) is 13.2 Å². The lowest BCUT2D eigenvalue weighted by Crippen LogP contribution is -2.45. The van der Waals surface area contributed by atoms with Crippen LogP contribution in [0.25, 0.3) is 0 Å². The van der Waals surface area contributed by atoms with E-state index in [-0.39, 0.29) is 5.75 Å². The Morgan fingerprint density at radius 2 is 1.70 bits per heavy atom. The maximum absolute atomic E-state index is 12.4. The van der Waals surface area contributed by atoms with Gasteiger partial charge in [0.1, 0.15) is 5.75 Å². The quantitative estimate of drug-likeness (QED) is 0.735. The van der Waals surface area contributed by atoms with E-state index in [1.807, 2.05) is 18.2 Å². The smallest absolute Gasteiger partial charge is 0.387 e. The number of methoxy groups -OCH3 is 2. The molecule has 2 aromatic rings. The molecule has 27 heavy (non-hydrogen) atoms. The zero-order chi connectivity index (χ0) is 19.2. The first-order chi connectivity index (χ1) is 13.1. The van der Waals surface area contributed by atoms with Crippen molar-refractivity contribution in [3.05, 3.63) is 48.0 Å². The maximum Gasteiger partial charge on any atom is 0.387 e. The van der Waals surface area contributed by atoms with Crippen LogP contribution >= 0.6 is 0 Å². The molecule has 0 bridgehead atoms. The van der Waals surface area contributed by atoms with Crippen molar-refractivity contribution < 1.29 is 23.0 Å². The molecule has 0 radical (unpaired) electrons. The fourth-order valence-electron chi connectivity index (χ4n) is 3.23. The maximum atomic E-state index is 12.4. The minimum absolute atomic E-state index is 0.0547. The zero-order valence-corrected chi connectivity index (χ0v) is 15.5. The Kier molecular flexibility index (Phi) is 6.34. The van der Waals surface area contributed by atoms with Gasteiger partial charge in [-0.1, -0.05) is 12.1 Å². The summed E-state index contributed by atoms with van der Waals surface area (Å²) in [5.74, 6) is 1.23. The van der Waals surface area contributed by atoms with Crippen LogP contribution in [0.2, 0.25) is 0 Å². The topological polar surface area (TPSA) is 34.2 Å². The number of hydrogen-bond acceptors (Lipinski definition) is 5. The molecule has 0 N–H and O–H groups in total. The van der Waals surface area contributed by atoms with Gasteiger partial charge in [-0.05, 0) is 29.8 Å². The molecule has 146 valence electrons. The molecule has 0 saturated carbocycles. The molecule has 1 aliphatic heterocycles. The summed E-state index contributed by atoms with van der Waals surface area (Å²) in [5.41, 5.74) is 2.16. The molecule has 2 aromatic carbocycles. The van der Waals surface area contributed by atoms with Crippen molar-refractivity contribution in [3.8, 4) is 17.2 Å². The third kappa shape index (κ3) is 5.01. The molecule has 0 aromatic heterocycles. The second kappa shape index (κ2) is 8.90. The molecule has 1 saturated heterocycles. The van der Waals surface area contributed by atoms with Crippen LogP contribution in [0.1, 0.15) is 5.56 Å². The summed E-state index contributed by atoms with van der Waals surface area (Å²) in [4.78, 5) is 4.66. The van der Waals surface area contributed by atoms with Crippen molar-refractivity contribution in [1.29, 1.82) is 0 Å². The van der Waals surface area contributed by atoms with Gasteiger partial charge >= 0.3 is 6.61 Å². The average molecular weight is 378 g/mol. The van der Waals surface area contributed by atoms with Crippen LogP contribution in [-0.4, -0.2) is 51.9 Å². The molecule has 0 spiro atoms. The number of halogens is 2. The molecule has 1 fully saturated rings. The zero-order valence-electron chi connectivity index (χ0n) is 15.5. The fraction of sp³-hybridized carbons (Fsp3) is 0.400. The predicted molar refractivity (Wildman–Crippen MR) is 100 cm³/mol. The molecule has 0 unspecified atom stereocenters. The molecule has 3 rings (SSSR count). The summed E-state index contributed by atoms with van der Waals surface area (Å²) >= 11 is 0. The Morgan fingerprint density at radius 1 is 0.926 bits per heavy atom. The van der Waals surface area contributed by atoms with E-state index in [9.17, 15) is 8.78 Å². The number of ether oxygens (including phenoxy) is 3. The van der Waals surface area contributed by atoms with E-state index < -0.39 is 6.61 Å². The van der Waals surface area contributed by atoms with Crippen LogP contribution < -0.4 is 19.1 Å². The first-order valence-corrected chi connectivity index (χ1v) is 8.82. The van der Waals surface area contributed by atoms with Gasteiger partial charge in [0.25, 0.3) is 0 Å². The Labute approximate surface area is 158 Å². The van der Waals surface area contributed by atoms with Crippen LogP contribution in [0.15, 0.2) is 42.5 Å². The van der Waals surface area contributed by atoms with Gasteiger partial charge < -0.3 is 19.1 Å². The van der Waals surface area contributed by atoms with E-state index in [4.69, 9.17) is 9.47 Å². The minimum Gasteiger partial charge on any atom is -0.497 e. The number of hydrogen-bond donors (Lipinski definition) is 0. The second-order valence-electron chi connectivity index (χ2n) is 6.33. The minimum atomic E-state index is -2.87. The number of benzene rings is 2. The van der Waals surface area contributed by atoms with Gasteiger partial charge in [-0.25, -0.2) is 0 Å². The predicted octanol–water partition coefficient (Wildman–Crippen LogP) is 3.63.